The number of carbonyl (C=O) groups excluding carboxylic acids is 2. The first-order valence-corrected chi connectivity index (χ1v) is 7.74. The lowest BCUT2D eigenvalue weighted by Crippen LogP contribution is -2.44. The van der Waals surface area contributed by atoms with Crippen LogP contribution in [0.1, 0.15) is 37.6 Å². The highest BCUT2D eigenvalue weighted by atomic mass is 16.4. The van der Waals surface area contributed by atoms with Gasteiger partial charge in [0.2, 0.25) is 5.91 Å². The predicted octanol–water partition coefficient (Wildman–Crippen LogP) is 2.12. The highest BCUT2D eigenvalue weighted by molar-refractivity contribution is 5.98. The number of hydrogen-bond donors (Lipinski definition) is 3. The molecule has 3 unspecified atom stereocenters. The molecule has 2 rings (SSSR count). The third-order valence-corrected chi connectivity index (χ3v) is 4.08. The second kappa shape index (κ2) is 6.81. The average Bonchev–Trinajstić information content (AvgIpc) is 3.21. The molecule has 6 heteroatoms. The Morgan fingerprint density at radius 1 is 1.17 bits per heavy atom. The number of carboxylic acid groups (broad SMARTS) is 1. The number of hydrogen-bond acceptors (Lipinski definition) is 3. The Morgan fingerprint density at radius 3 is 2.17 bits per heavy atom. The molecular weight excluding hydrogens is 296 g/mol. The zero-order valence-corrected chi connectivity index (χ0v) is 13.5. The van der Waals surface area contributed by atoms with Gasteiger partial charge in [-0.05, 0) is 42.5 Å². The fourth-order valence-corrected chi connectivity index (χ4v) is 2.37. The van der Waals surface area contributed by atoms with E-state index in [1.54, 1.807) is 38.1 Å². The average molecular weight is 318 g/mol. The smallest absolute Gasteiger partial charge is 0.326 e. The van der Waals surface area contributed by atoms with E-state index in [1.165, 1.54) is 0 Å². The van der Waals surface area contributed by atoms with Crippen LogP contribution in [0.25, 0.3) is 0 Å². The molecule has 0 spiro atoms. The Hall–Kier alpha value is -2.37. The molecular formula is C17H22N2O4. The van der Waals surface area contributed by atoms with E-state index in [-0.39, 0.29) is 17.7 Å². The van der Waals surface area contributed by atoms with E-state index in [0.717, 1.165) is 6.42 Å². The van der Waals surface area contributed by atoms with Crippen molar-refractivity contribution in [3.8, 4) is 0 Å². The molecule has 1 aliphatic rings. The van der Waals surface area contributed by atoms with Crippen molar-refractivity contribution in [3.63, 3.8) is 0 Å². The van der Waals surface area contributed by atoms with Gasteiger partial charge in [-0.2, -0.15) is 0 Å². The third-order valence-electron chi connectivity index (χ3n) is 4.08. The second-order valence-corrected chi connectivity index (χ2v) is 6.42. The fourth-order valence-electron chi connectivity index (χ4n) is 2.37. The molecule has 3 N–H and O–H groups in total. The molecule has 0 bridgehead atoms. The van der Waals surface area contributed by atoms with E-state index < -0.39 is 17.9 Å². The number of aliphatic carboxylic acids is 1. The minimum atomic E-state index is -1.06. The highest BCUT2D eigenvalue weighted by Crippen LogP contribution is 2.38. The lowest BCUT2D eigenvalue weighted by molar-refractivity contribution is -0.140. The lowest BCUT2D eigenvalue weighted by Gasteiger charge is -2.18. The van der Waals surface area contributed by atoms with Crippen LogP contribution in [0.5, 0.6) is 0 Å². The first-order chi connectivity index (χ1) is 10.8. The van der Waals surface area contributed by atoms with E-state index in [4.69, 9.17) is 5.11 Å². The molecule has 3 atom stereocenters. The minimum absolute atomic E-state index is 0.000417. The van der Waals surface area contributed by atoms with Gasteiger partial charge in [0.25, 0.3) is 5.91 Å². The van der Waals surface area contributed by atoms with Crippen molar-refractivity contribution in [1.29, 1.82) is 0 Å². The maximum Gasteiger partial charge on any atom is 0.326 e. The van der Waals surface area contributed by atoms with Crippen LogP contribution < -0.4 is 10.6 Å². The summed E-state index contributed by atoms with van der Waals surface area (Å²) in [6.07, 6.45) is 0.915. The van der Waals surface area contributed by atoms with E-state index in [2.05, 4.69) is 10.6 Å². The van der Waals surface area contributed by atoms with Crippen LogP contribution in [0.2, 0.25) is 0 Å². The summed E-state index contributed by atoms with van der Waals surface area (Å²) in [5.41, 5.74) is 0.985. The van der Waals surface area contributed by atoms with Crippen LogP contribution in [0.4, 0.5) is 5.69 Å². The summed E-state index contributed by atoms with van der Waals surface area (Å²) in [5.74, 6) is -1.20. The molecule has 0 heterocycles. The first kappa shape index (κ1) is 17.0. The topological polar surface area (TPSA) is 95.5 Å². The maximum absolute atomic E-state index is 12.1. The van der Waals surface area contributed by atoms with Gasteiger partial charge >= 0.3 is 5.97 Å². The lowest BCUT2D eigenvalue weighted by atomic mass is 10.0. The van der Waals surface area contributed by atoms with Crippen molar-refractivity contribution in [3.05, 3.63) is 29.8 Å². The molecule has 1 aliphatic carbocycles. The molecule has 1 fully saturated rings. The molecule has 0 radical (unpaired) electrons. The largest absolute Gasteiger partial charge is 0.480 e. The van der Waals surface area contributed by atoms with Crippen molar-refractivity contribution in [2.75, 3.05) is 5.32 Å². The van der Waals surface area contributed by atoms with E-state index in [1.807, 2.05) is 6.92 Å². The predicted molar refractivity (Wildman–Crippen MR) is 86.1 cm³/mol. The van der Waals surface area contributed by atoms with E-state index in [0.29, 0.717) is 17.2 Å². The van der Waals surface area contributed by atoms with Crippen LogP contribution in [0.3, 0.4) is 0 Å². The highest BCUT2D eigenvalue weighted by Gasteiger charge is 2.39. The summed E-state index contributed by atoms with van der Waals surface area (Å²) in [6, 6.07) is 5.50. The van der Waals surface area contributed by atoms with Crippen molar-refractivity contribution >= 4 is 23.5 Å². The molecule has 1 aromatic carbocycles. The Bertz CT molecular complexity index is 610. The SMILES string of the molecule is CC(C)C(NC(=O)c1ccc(NC(=O)C2CC2C)cc1)C(=O)O. The Morgan fingerprint density at radius 2 is 1.74 bits per heavy atom. The Kier molecular flexibility index (Phi) is 5.03. The van der Waals surface area contributed by atoms with Crippen LogP contribution in [0, 0.1) is 17.8 Å². The summed E-state index contributed by atoms with van der Waals surface area (Å²) in [4.78, 5) is 35.1. The Balaban J connectivity index is 1.97. The molecule has 1 saturated carbocycles. The van der Waals surface area contributed by atoms with Gasteiger partial charge in [0.15, 0.2) is 0 Å². The zero-order valence-electron chi connectivity index (χ0n) is 13.5. The molecule has 2 amide bonds. The molecule has 6 nitrogen and oxygen atoms in total. The van der Waals surface area contributed by atoms with Crippen LogP contribution >= 0.6 is 0 Å². The number of nitrogens with one attached hydrogen (secondary N) is 2. The van der Waals surface area contributed by atoms with Crippen LogP contribution in [-0.2, 0) is 9.59 Å². The van der Waals surface area contributed by atoms with Gasteiger partial charge < -0.3 is 15.7 Å². The molecule has 0 aliphatic heterocycles. The minimum Gasteiger partial charge on any atom is -0.480 e. The van der Waals surface area contributed by atoms with Crippen molar-refractivity contribution in [1.82, 2.24) is 5.32 Å². The number of carbonyl (C=O) groups is 3. The van der Waals surface area contributed by atoms with E-state index >= 15 is 0 Å². The molecule has 124 valence electrons. The number of carboxylic acids is 1. The number of anilines is 1. The van der Waals surface area contributed by atoms with Gasteiger partial charge in [-0.15, -0.1) is 0 Å². The Labute approximate surface area is 135 Å². The molecule has 23 heavy (non-hydrogen) atoms. The van der Waals surface area contributed by atoms with Crippen molar-refractivity contribution in [2.45, 2.75) is 33.2 Å². The summed E-state index contributed by atoms with van der Waals surface area (Å²) in [5, 5.41) is 14.4. The molecule has 0 saturated heterocycles. The zero-order chi connectivity index (χ0) is 17.1. The summed E-state index contributed by atoms with van der Waals surface area (Å²) >= 11 is 0. The number of amides is 2. The number of rotatable bonds is 6. The maximum atomic E-state index is 12.1. The van der Waals surface area contributed by atoms with Gasteiger partial charge in [0.1, 0.15) is 6.04 Å². The van der Waals surface area contributed by atoms with Crippen molar-refractivity contribution < 1.29 is 19.5 Å². The monoisotopic (exact) mass is 318 g/mol. The fraction of sp³-hybridized carbons (Fsp3) is 0.471. The summed E-state index contributed by atoms with van der Waals surface area (Å²) < 4.78 is 0. The molecule has 1 aromatic rings. The second-order valence-electron chi connectivity index (χ2n) is 6.42. The standard InChI is InChI=1S/C17H22N2O4/c1-9(2)14(17(22)23)19-15(20)11-4-6-12(7-5-11)18-16(21)13-8-10(13)3/h4-7,9-10,13-14H,8H2,1-3H3,(H,18,21)(H,19,20)(H,22,23). The normalized spacial score (nSPS) is 20.7. The third kappa shape index (κ3) is 4.31. The quantitative estimate of drug-likeness (QED) is 0.748. The van der Waals surface area contributed by atoms with Gasteiger partial charge in [0.05, 0.1) is 0 Å². The van der Waals surface area contributed by atoms with Gasteiger partial charge in [0, 0.05) is 17.2 Å². The van der Waals surface area contributed by atoms with Crippen LogP contribution in [-0.4, -0.2) is 28.9 Å². The number of benzene rings is 1. The van der Waals surface area contributed by atoms with Crippen LogP contribution in [0.15, 0.2) is 24.3 Å². The van der Waals surface area contributed by atoms with Crippen molar-refractivity contribution in [2.24, 2.45) is 17.8 Å². The van der Waals surface area contributed by atoms with Gasteiger partial charge in [-0.25, -0.2) is 4.79 Å². The summed E-state index contributed by atoms with van der Waals surface area (Å²) in [7, 11) is 0. The first-order valence-electron chi connectivity index (χ1n) is 7.74. The van der Waals surface area contributed by atoms with Gasteiger partial charge in [-0.3, -0.25) is 9.59 Å². The molecule has 0 aromatic heterocycles. The summed E-state index contributed by atoms with van der Waals surface area (Å²) in [6.45, 7) is 5.50. The van der Waals surface area contributed by atoms with E-state index in [9.17, 15) is 14.4 Å². The van der Waals surface area contributed by atoms with Gasteiger partial charge in [-0.1, -0.05) is 20.8 Å².